The fraction of sp³-hybridized carbons (Fsp3) is 0.200. The summed E-state index contributed by atoms with van der Waals surface area (Å²) in [4.78, 5) is 11.3. The lowest BCUT2D eigenvalue weighted by molar-refractivity contribution is 1.05. The lowest BCUT2D eigenvalue weighted by atomic mass is 10.2. The number of aryl methyl sites for hydroxylation is 3. The summed E-state index contributed by atoms with van der Waals surface area (Å²) >= 11 is 0. The Labute approximate surface area is 155 Å². The molecular weight excluding hydrogens is 332 g/mol. The number of aromatic nitrogens is 2. The van der Waals surface area contributed by atoms with Crippen molar-refractivity contribution < 1.29 is 0 Å². The molecule has 0 amide bonds. The highest BCUT2D eigenvalue weighted by atomic mass is 35.5. The first kappa shape index (κ1) is 18.7. The minimum absolute atomic E-state index is 0. The lowest BCUT2D eigenvalue weighted by Gasteiger charge is -2.21. The normalized spacial score (nSPS) is 10.1. The van der Waals surface area contributed by atoms with Crippen LogP contribution in [0.1, 0.15) is 16.8 Å². The number of nitrogens with zero attached hydrogens (tertiary/aromatic N) is 3. The third kappa shape index (κ3) is 4.28. The van der Waals surface area contributed by atoms with Gasteiger partial charge in [-0.3, -0.25) is 0 Å². The monoisotopic (exact) mass is 354 g/mol. The molecule has 0 bridgehead atoms. The minimum Gasteiger partial charge on any atom is -0.329 e. The summed E-state index contributed by atoms with van der Waals surface area (Å²) in [5, 5.41) is 3.33. The number of hydrogen-bond acceptors (Lipinski definition) is 4. The number of halogens is 1. The van der Waals surface area contributed by atoms with Crippen LogP contribution in [0.5, 0.6) is 0 Å². The van der Waals surface area contributed by atoms with Crippen molar-refractivity contribution in [2.75, 3.05) is 17.3 Å². The average Bonchev–Trinajstić information content (AvgIpc) is 2.56. The van der Waals surface area contributed by atoms with E-state index in [1.165, 1.54) is 5.56 Å². The molecule has 1 heterocycles. The second kappa shape index (κ2) is 7.99. The highest BCUT2D eigenvalue weighted by molar-refractivity contribution is 5.85. The minimum atomic E-state index is 0. The molecule has 0 saturated carbocycles. The van der Waals surface area contributed by atoms with Crippen LogP contribution < -0.4 is 10.2 Å². The Morgan fingerprint density at radius 1 is 0.840 bits per heavy atom. The molecular formula is C20H23ClN4. The molecule has 0 aliphatic rings. The number of hydrogen-bond donors (Lipinski definition) is 1. The Hall–Kier alpha value is -2.59. The summed E-state index contributed by atoms with van der Waals surface area (Å²) < 4.78 is 0. The fourth-order valence-electron chi connectivity index (χ4n) is 2.68. The maximum atomic E-state index is 4.69. The van der Waals surface area contributed by atoms with Gasteiger partial charge < -0.3 is 10.2 Å². The molecule has 0 radical (unpaired) electrons. The highest BCUT2D eigenvalue weighted by Crippen LogP contribution is 2.27. The fourth-order valence-corrected chi connectivity index (χ4v) is 2.68. The van der Waals surface area contributed by atoms with Crippen molar-refractivity contribution in [1.29, 1.82) is 0 Å². The van der Waals surface area contributed by atoms with Crippen molar-refractivity contribution in [2.24, 2.45) is 0 Å². The van der Waals surface area contributed by atoms with Gasteiger partial charge in [0.15, 0.2) is 0 Å². The standard InChI is InChI=1S/C20H22N4.ClH/c1-14-9-5-7-11-17(14)22-20-21-16(3)13-19(23-20)24(4)18-12-8-6-10-15(18)2;/h5-13H,1-4H3,(H,21,22,23);1H. The number of benzene rings is 2. The average molecular weight is 355 g/mol. The first-order valence-electron chi connectivity index (χ1n) is 8.02. The van der Waals surface area contributed by atoms with Gasteiger partial charge in [0.2, 0.25) is 5.95 Å². The van der Waals surface area contributed by atoms with E-state index in [-0.39, 0.29) is 12.4 Å². The SMILES string of the molecule is Cc1cc(N(C)c2ccccc2C)nc(Nc2ccccc2C)n1.Cl. The Balaban J connectivity index is 0.00000225. The van der Waals surface area contributed by atoms with E-state index in [4.69, 9.17) is 4.98 Å². The summed E-state index contributed by atoms with van der Waals surface area (Å²) in [6, 6.07) is 18.4. The number of nitrogens with one attached hydrogen (secondary N) is 1. The molecule has 4 nitrogen and oxygen atoms in total. The van der Waals surface area contributed by atoms with Crippen LogP contribution in [0.4, 0.5) is 23.1 Å². The van der Waals surface area contributed by atoms with Gasteiger partial charge in [-0.1, -0.05) is 36.4 Å². The van der Waals surface area contributed by atoms with Crippen LogP contribution in [0.3, 0.4) is 0 Å². The van der Waals surface area contributed by atoms with Crippen LogP contribution in [-0.4, -0.2) is 17.0 Å². The summed E-state index contributed by atoms with van der Waals surface area (Å²) in [6.45, 7) is 6.16. The van der Waals surface area contributed by atoms with Crippen molar-refractivity contribution in [2.45, 2.75) is 20.8 Å². The summed E-state index contributed by atoms with van der Waals surface area (Å²) in [5.41, 5.74) is 5.46. The number of para-hydroxylation sites is 2. The van der Waals surface area contributed by atoms with E-state index in [1.807, 2.05) is 50.4 Å². The Morgan fingerprint density at radius 2 is 1.48 bits per heavy atom. The van der Waals surface area contributed by atoms with E-state index in [9.17, 15) is 0 Å². The molecule has 1 aromatic heterocycles. The number of anilines is 4. The third-order valence-electron chi connectivity index (χ3n) is 4.05. The van der Waals surface area contributed by atoms with Crippen molar-refractivity contribution in [1.82, 2.24) is 9.97 Å². The van der Waals surface area contributed by atoms with Crippen LogP contribution in [0.15, 0.2) is 54.6 Å². The molecule has 0 atom stereocenters. The topological polar surface area (TPSA) is 41.1 Å². The zero-order valence-corrected chi connectivity index (χ0v) is 15.8. The first-order valence-corrected chi connectivity index (χ1v) is 8.02. The maximum Gasteiger partial charge on any atom is 0.229 e. The molecule has 5 heteroatoms. The van der Waals surface area contributed by atoms with Gasteiger partial charge in [-0.05, 0) is 44.0 Å². The quantitative estimate of drug-likeness (QED) is 0.687. The van der Waals surface area contributed by atoms with Gasteiger partial charge in [-0.15, -0.1) is 12.4 Å². The second-order valence-electron chi connectivity index (χ2n) is 5.98. The van der Waals surface area contributed by atoms with Gasteiger partial charge in [0.05, 0.1) is 0 Å². The second-order valence-corrected chi connectivity index (χ2v) is 5.98. The number of rotatable bonds is 4. The van der Waals surface area contributed by atoms with E-state index in [2.05, 4.69) is 47.2 Å². The molecule has 0 fully saturated rings. The van der Waals surface area contributed by atoms with Gasteiger partial charge in [-0.2, -0.15) is 4.98 Å². The zero-order valence-electron chi connectivity index (χ0n) is 14.9. The van der Waals surface area contributed by atoms with Gasteiger partial charge in [0.25, 0.3) is 0 Å². The molecule has 1 N–H and O–H groups in total. The largest absolute Gasteiger partial charge is 0.329 e. The van der Waals surface area contributed by atoms with Crippen LogP contribution in [0, 0.1) is 20.8 Å². The van der Waals surface area contributed by atoms with Crippen molar-refractivity contribution in [3.8, 4) is 0 Å². The van der Waals surface area contributed by atoms with Gasteiger partial charge in [-0.25, -0.2) is 4.98 Å². The van der Waals surface area contributed by atoms with Crippen molar-refractivity contribution >= 4 is 35.5 Å². The maximum absolute atomic E-state index is 4.69. The van der Waals surface area contributed by atoms with Crippen LogP contribution >= 0.6 is 12.4 Å². The van der Waals surface area contributed by atoms with Gasteiger partial charge >= 0.3 is 0 Å². The van der Waals surface area contributed by atoms with Crippen LogP contribution in [-0.2, 0) is 0 Å². The van der Waals surface area contributed by atoms with Crippen molar-refractivity contribution in [3.05, 3.63) is 71.4 Å². The summed E-state index contributed by atoms with van der Waals surface area (Å²) in [5.74, 6) is 1.48. The summed E-state index contributed by atoms with van der Waals surface area (Å²) in [6.07, 6.45) is 0. The molecule has 0 unspecified atom stereocenters. The molecule has 0 aliphatic carbocycles. The zero-order chi connectivity index (χ0) is 17.1. The molecule has 0 spiro atoms. The lowest BCUT2D eigenvalue weighted by Crippen LogP contribution is -2.14. The predicted molar refractivity (Wildman–Crippen MR) is 108 cm³/mol. The van der Waals surface area contributed by atoms with E-state index >= 15 is 0 Å². The van der Waals surface area contributed by atoms with Gasteiger partial charge in [0, 0.05) is 30.2 Å². The molecule has 2 aromatic carbocycles. The van der Waals surface area contributed by atoms with E-state index in [0.717, 1.165) is 28.5 Å². The Morgan fingerprint density at radius 3 is 2.16 bits per heavy atom. The van der Waals surface area contributed by atoms with Crippen molar-refractivity contribution in [3.63, 3.8) is 0 Å². The third-order valence-corrected chi connectivity index (χ3v) is 4.05. The highest BCUT2D eigenvalue weighted by Gasteiger charge is 2.11. The van der Waals surface area contributed by atoms with E-state index < -0.39 is 0 Å². The molecule has 25 heavy (non-hydrogen) atoms. The van der Waals surface area contributed by atoms with Gasteiger partial charge in [0.1, 0.15) is 5.82 Å². The smallest absolute Gasteiger partial charge is 0.229 e. The molecule has 0 aliphatic heterocycles. The summed E-state index contributed by atoms with van der Waals surface area (Å²) in [7, 11) is 2.03. The van der Waals surface area contributed by atoms with Crippen LogP contribution in [0.25, 0.3) is 0 Å². The van der Waals surface area contributed by atoms with E-state index in [1.54, 1.807) is 0 Å². The molecule has 3 aromatic rings. The molecule has 3 rings (SSSR count). The Bertz CT molecular complexity index is 864. The van der Waals surface area contributed by atoms with Crippen LogP contribution in [0.2, 0.25) is 0 Å². The first-order chi connectivity index (χ1) is 11.5. The Kier molecular flexibility index (Phi) is 5.99. The molecule has 130 valence electrons. The predicted octanol–water partition coefficient (Wildman–Crippen LogP) is 5.34. The molecule has 0 saturated heterocycles. The van der Waals surface area contributed by atoms with E-state index in [0.29, 0.717) is 5.95 Å².